The van der Waals surface area contributed by atoms with Crippen LogP contribution in [0.15, 0.2) is 0 Å². The van der Waals surface area contributed by atoms with Crippen molar-refractivity contribution in [3.05, 3.63) is 0 Å². The lowest BCUT2D eigenvalue weighted by atomic mass is 9.85. The quantitative estimate of drug-likeness (QED) is 0.768. The number of alkyl halides is 2. The highest BCUT2D eigenvalue weighted by Crippen LogP contribution is 2.24. The van der Waals surface area contributed by atoms with Gasteiger partial charge in [0.1, 0.15) is 0 Å². The van der Waals surface area contributed by atoms with E-state index in [0.29, 0.717) is 4.90 Å². The first-order valence-electron chi connectivity index (χ1n) is 5.58. The number of carboxylic acid groups (broad SMARTS) is 1. The zero-order chi connectivity index (χ0) is 15.2. The third-order valence-corrected chi connectivity index (χ3v) is 2.27. The number of hydrogen-bond acceptors (Lipinski definition) is 3. The number of rotatable bonds is 6. The Labute approximate surface area is 109 Å². The Hall–Kier alpha value is -1.73. The Bertz CT molecular complexity index is 359. The molecule has 0 unspecified atom stereocenters. The second kappa shape index (κ2) is 7.01. The molecule has 3 amide bonds. The number of hydrogen-bond donors (Lipinski definition) is 2. The van der Waals surface area contributed by atoms with Crippen molar-refractivity contribution in [2.75, 3.05) is 13.6 Å². The first kappa shape index (κ1) is 17.3. The molecule has 0 aromatic rings. The van der Waals surface area contributed by atoms with E-state index in [-0.39, 0.29) is 12.8 Å². The van der Waals surface area contributed by atoms with Crippen molar-refractivity contribution in [1.82, 2.24) is 10.2 Å². The minimum atomic E-state index is -2.69. The lowest BCUT2D eigenvalue weighted by Gasteiger charge is -2.22. The first-order valence-corrected chi connectivity index (χ1v) is 5.58. The molecule has 6 nitrogen and oxygen atoms in total. The molecule has 0 heterocycles. The summed E-state index contributed by atoms with van der Waals surface area (Å²) in [4.78, 5) is 34.1. The summed E-state index contributed by atoms with van der Waals surface area (Å²) in [6.07, 6.45) is -3.11. The number of imide groups is 1. The SMILES string of the molecule is CN(CC(F)F)C(=O)NC(=O)CC(C)(C)CC(=O)O. The molecule has 0 saturated heterocycles. The average molecular weight is 280 g/mol. The van der Waals surface area contributed by atoms with Gasteiger partial charge in [0.2, 0.25) is 5.91 Å². The predicted molar refractivity (Wildman–Crippen MR) is 62.8 cm³/mol. The van der Waals surface area contributed by atoms with Crippen LogP contribution in [-0.2, 0) is 9.59 Å². The second-order valence-corrected chi connectivity index (χ2v) is 5.04. The number of carbonyl (C=O) groups excluding carboxylic acids is 2. The summed E-state index contributed by atoms with van der Waals surface area (Å²) in [5, 5.41) is 10.6. The molecule has 0 aromatic carbocycles. The topological polar surface area (TPSA) is 86.7 Å². The Kier molecular flexibility index (Phi) is 6.37. The van der Waals surface area contributed by atoms with Gasteiger partial charge in [-0.1, -0.05) is 13.8 Å². The fraction of sp³-hybridized carbons (Fsp3) is 0.727. The minimum Gasteiger partial charge on any atom is -0.481 e. The van der Waals surface area contributed by atoms with Crippen LogP contribution in [0.25, 0.3) is 0 Å². The number of aliphatic carboxylic acids is 1. The van der Waals surface area contributed by atoms with Gasteiger partial charge in [-0.15, -0.1) is 0 Å². The molecular weight excluding hydrogens is 262 g/mol. The van der Waals surface area contributed by atoms with Crippen LogP contribution in [0.4, 0.5) is 13.6 Å². The van der Waals surface area contributed by atoms with Gasteiger partial charge in [-0.3, -0.25) is 14.9 Å². The molecule has 0 bridgehead atoms. The summed E-state index contributed by atoms with van der Waals surface area (Å²) < 4.78 is 24.1. The Morgan fingerprint density at radius 2 is 1.79 bits per heavy atom. The van der Waals surface area contributed by atoms with Gasteiger partial charge in [-0.25, -0.2) is 13.6 Å². The molecule has 110 valence electrons. The smallest absolute Gasteiger partial charge is 0.323 e. The van der Waals surface area contributed by atoms with Gasteiger partial charge in [-0.2, -0.15) is 0 Å². The normalized spacial score (nSPS) is 11.3. The van der Waals surface area contributed by atoms with Crippen LogP contribution < -0.4 is 5.32 Å². The van der Waals surface area contributed by atoms with Gasteiger partial charge < -0.3 is 10.0 Å². The van der Waals surface area contributed by atoms with Gasteiger partial charge >= 0.3 is 12.0 Å². The van der Waals surface area contributed by atoms with Crippen molar-refractivity contribution in [1.29, 1.82) is 0 Å². The second-order valence-electron chi connectivity index (χ2n) is 5.04. The van der Waals surface area contributed by atoms with E-state index >= 15 is 0 Å². The maximum atomic E-state index is 12.0. The fourth-order valence-electron chi connectivity index (χ4n) is 1.46. The van der Waals surface area contributed by atoms with Gasteiger partial charge in [0, 0.05) is 13.5 Å². The summed E-state index contributed by atoms with van der Waals surface area (Å²) in [6.45, 7) is 2.35. The number of carbonyl (C=O) groups is 3. The molecule has 0 saturated carbocycles. The van der Waals surface area contributed by atoms with Crippen LogP contribution in [0, 0.1) is 5.41 Å². The number of nitrogens with one attached hydrogen (secondary N) is 1. The van der Waals surface area contributed by atoms with Crippen molar-refractivity contribution in [3.63, 3.8) is 0 Å². The molecule has 0 spiro atoms. The highest BCUT2D eigenvalue weighted by molar-refractivity contribution is 5.94. The van der Waals surface area contributed by atoms with Crippen LogP contribution in [0.5, 0.6) is 0 Å². The molecule has 0 radical (unpaired) electrons. The fourth-order valence-corrected chi connectivity index (χ4v) is 1.46. The summed E-state index contributed by atoms with van der Waals surface area (Å²) in [6, 6.07) is -0.934. The summed E-state index contributed by atoms with van der Waals surface area (Å²) in [5.41, 5.74) is -0.822. The zero-order valence-corrected chi connectivity index (χ0v) is 11.1. The number of nitrogens with zero attached hydrogens (tertiary/aromatic N) is 1. The molecule has 0 aromatic heterocycles. The monoisotopic (exact) mass is 280 g/mol. The Morgan fingerprint density at radius 1 is 1.26 bits per heavy atom. The van der Waals surface area contributed by atoms with Gasteiger partial charge in [-0.05, 0) is 5.41 Å². The molecule has 0 fully saturated rings. The van der Waals surface area contributed by atoms with Crippen molar-refractivity contribution in [2.45, 2.75) is 33.1 Å². The van der Waals surface area contributed by atoms with Crippen LogP contribution in [0.3, 0.4) is 0 Å². The van der Waals surface area contributed by atoms with E-state index in [9.17, 15) is 23.2 Å². The predicted octanol–water partition coefficient (Wildman–Crippen LogP) is 1.31. The van der Waals surface area contributed by atoms with Crippen LogP contribution in [0.2, 0.25) is 0 Å². The highest BCUT2D eigenvalue weighted by Gasteiger charge is 2.26. The van der Waals surface area contributed by atoms with Crippen molar-refractivity contribution >= 4 is 17.9 Å². The molecule has 8 heteroatoms. The lowest BCUT2D eigenvalue weighted by molar-refractivity contribution is -0.139. The van der Waals surface area contributed by atoms with E-state index in [2.05, 4.69) is 0 Å². The largest absolute Gasteiger partial charge is 0.481 e. The third kappa shape index (κ3) is 8.06. The maximum Gasteiger partial charge on any atom is 0.323 e. The van der Waals surface area contributed by atoms with E-state index < -0.39 is 36.3 Å². The van der Waals surface area contributed by atoms with E-state index in [1.807, 2.05) is 5.32 Å². The molecule has 2 N–H and O–H groups in total. The number of carboxylic acids is 1. The van der Waals surface area contributed by atoms with E-state index in [0.717, 1.165) is 7.05 Å². The van der Waals surface area contributed by atoms with Crippen molar-refractivity contribution in [3.8, 4) is 0 Å². The molecule has 0 aliphatic carbocycles. The van der Waals surface area contributed by atoms with E-state index in [1.54, 1.807) is 13.8 Å². The Balaban J connectivity index is 4.31. The summed E-state index contributed by atoms with van der Waals surface area (Å²) >= 11 is 0. The average Bonchev–Trinajstić information content (AvgIpc) is 2.12. The molecule has 19 heavy (non-hydrogen) atoms. The number of urea groups is 1. The molecule has 0 aliphatic rings. The zero-order valence-electron chi connectivity index (χ0n) is 11.1. The van der Waals surface area contributed by atoms with E-state index in [1.165, 1.54) is 0 Å². The van der Waals surface area contributed by atoms with Crippen molar-refractivity contribution in [2.24, 2.45) is 5.41 Å². The van der Waals surface area contributed by atoms with Gasteiger partial charge in [0.25, 0.3) is 6.43 Å². The highest BCUT2D eigenvalue weighted by atomic mass is 19.3. The lowest BCUT2D eigenvalue weighted by Crippen LogP contribution is -2.43. The van der Waals surface area contributed by atoms with Crippen molar-refractivity contribution < 1.29 is 28.3 Å². The number of halogens is 2. The molecule has 0 rings (SSSR count). The summed E-state index contributed by atoms with van der Waals surface area (Å²) in [5.74, 6) is -1.75. The first-order chi connectivity index (χ1) is 8.53. The minimum absolute atomic E-state index is 0.187. The Morgan fingerprint density at radius 3 is 2.21 bits per heavy atom. The van der Waals surface area contributed by atoms with Gasteiger partial charge in [0.05, 0.1) is 13.0 Å². The van der Waals surface area contributed by atoms with Crippen LogP contribution >= 0.6 is 0 Å². The summed E-state index contributed by atoms with van der Waals surface area (Å²) in [7, 11) is 1.14. The molecule has 0 atom stereocenters. The van der Waals surface area contributed by atoms with E-state index in [4.69, 9.17) is 5.11 Å². The molecular formula is C11H18F2N2O4. The van der Waals surface area contributed by atoms with Crippen LogP contribution in [0.1, 0.15) is 26.7 Å². The standard InChI is InChI=1S/C11H18F2N2O4/c1-11(2,5-9(17)18)4-8(16)14-10(19)15(3)6-7(12)13/h7H,4-6H2,1-3H3,(H,17,18)(H,14,16,19). The van der Waals surface area contributed by atoms with Gasteiger partial charge in [0.15, 0.2) is 0 Å². The number of amides is 3. The third-order valence-electron chi connectivity index (χ3n) is 2.27. The maximum absolute atomic E-state index is 12.0. The molecule has 0 aliphatic heterocycles. The van der Waals surface area contributed by atoms with Crippen LogP contribution in [-0.4, -0.2) is 47.9 Å².